The maximum atomic E-state index is 11.6. The molecule has 8 heteroatoms. The van der Waals surface area contributed by atoms with E-state index in [1.807, 2.05) is 0 Å². The number of rotatable bonds is 5. The van der Waals surface area contributed by atoms with Gasteiger partial charge in [-0.3, -0.25) is 10.1 Å². The summed E-state index contributed by atoms with van der Waals surface area (Å²) in [5.74, 6) is 0.342. The molecule has 0 saturated carbocycles. The standard InChI is InChI=1S/C13H18N2O5S/c1-21(18,19)12-4-2-3-11(13(12)15(16)17)20-9-10-5-7-14-8-6-10/h2-4,10,14H,5-9H2,1H3. The molecule has 1 aromatic rings. The van der Waals surface area contributed by atoms with Crippen LogP contribution in [0.25, 0.3) is 0 Å². The van der Waals surface area contributed by atoms with Gasteiger partial charge in [0.2, 0.25) is 0 Å². The van der Waals surface area contributed by atoms with Crippen molar-refractivity contribution >= 4 is 15.5 Å². The molecule has 1 N–H and O–H groups in total. The average molecular weight is 314 g/mol. The van der Waals surface area contributed by atoms with E-state index in [0.717, 1.165) is 32.2 Å². The van der Waals surface area contributed by atoms with E-state index < -0.39 is 20.4 Å². The fraction of sp³-hybridized carbons (Fsp3) is 0.538. The summed E-state index contributed by atoms with van der Waals surface area (Å²) in [5, 5.41) is 14.4. The van der Waals surface area contributed by atoms with Crippen molar-refractivity contribution in [3.8, 4) is 5.75 Å². The number of benzene rings is 1. The van der Waals surface area contributed by atoms with Crippen LogP contribution in [0, 0.1) is 16.0 Å². The maximum Gasteiger partial charge on any atom is 0.329 e. The molecule has 0 atom stereocenters. The number of nitro benzene ring substituents is 1. The van der Waals surface area contributed by atoms with Crippen molar-refractivity contribution in [2.24, 2.45) is 5.92 Å². The molecule has 116 valence electrons. The van der Waals surface area contributed by atoms with Gasteiger partial charge in [-0.15, -0.1) is 0 Å². The van der Waals surface area contributed by atoms with Crippen LogP contribution >= 0.6 is 0 Å². The first-order valence-corrected chi connectivity index (χ1v) is 8.59. The second kappa shape index (κ2) is 6.40. The highest BCUT2D eigenvalue weighted by Crippen LogP contribution is 2.34. The molecule has 1 aliphatic rings. The van der Waals surface area contributed by atoms with Crippen molar-refractivity contribution in [2.75, 3.05) is 26.0 Å². The van der Waals surface area contributed by atoms with Gasteiger partial charge < -0.3 is 10.1 Å². The molecule has 1 aromatic carbocycles. The van der Waals surface area contributed by atoms with Crippen molar-refractivity contribution in [3.63, 3.8) is 0 Å². The molecular formula is C13H18N2O5S. The molecule has 0 aromatic heterocycles. The molecule has 1 saturated heterocycles. The number of sulfone groups is 1. The van der Waals surface area contributed by atoms with Crippen LogP contribution in [0.5, 0.6) is 5.75 Å². The molecule has 2 rings (SSSR count). The SMILES string of the molecule is CS(=O)(=O)c1cccc(OCC2CCNCC2)c1[N+](=O)[O-]. The Kier molecular flexibility index (Phi) is 4.79. The highest BCUT2D eigenvalue weighted by Gasteiger charge is 2.27. The number of nitrogens with one attached hydrogen (secondary N) is 1. The Morgan fingerprint density at radius 1 is 1.38 bits per heavy atom. The Morgan fingerprint density at radius 3 is 2.62 bits per heavy atom. The van der Waals surface area contributed by atoms with Crippen molar-refractivity contribution in [2.45, 2.75) is 17.7 Å². The topological polar surface area (TPSA) is 98.5 Å². The van der Waals surface area contributed by atoms with Crippen LogP contribution < -0.4 is 10.1 Å². The van der Waals surface area contributed by atoms with Gasteiger partial charge in [-0.2, -0.15) is 0 Å². The summed E-state index contributed by atoms with van der Waals surface area (Å²) in [4.78, 5) is 10.2. The lowest BCUT2D eigenvalue weighted by atomic mass is 9.99. The fourth-order valence-corrected chi connectivity index (χ4v) is 3.21. The largest absolute Gasteiger partial charge is 0.486 e. The third-order valence-electron chi connectivity index (χ3n) is 3.48. The lowest BCUT2D eigenvalue weighted by molar-refractivity contribution is -0.388. The lowest BCUT2D eigenvalue weighted by Crippen LogP contribution is -2.30. The van der Waals surface area contributed by atoms with Crippen LogP contribution in [-0.4, -0.2) is 39.3 Å². The van der Waals surface area contributed by atoms with E-state index in [1.54, 1.807) is 0 Å². The van der Waals surface area contributed by atoms with E-state index in [0.29, 0.717) is 12.5 Å². The fourth-order valence-electron chi connectivity index (χ4n) is 2.35. The normalized spacial score (nSPS) is 16.6. The Balaban J connectivity index is 2.24. The van der Waals surface area contributed by atoms with Gasteiger partial charge in [-0.25, -0.2) is 8.42 Å². The molecule has 1 fully saturated rings. The number of nitrogens with zero attached hydrogens (tertiary/aromatic N) is 1. The third-order valence-corrected chi connectivity index (χ3v) is 4.61. The first-order valence-electron chi connectivity index (χ1n) is 6.70. The van der Waals surface area contributed by atoms with Gasteiger partial charge in [0.15, 0.2) is 15.6 Å². The predicted octanol–water partition coefficient (Wildman–Crippen LogP) is 1.38. The van der Waals surface area contributed by atoms with Gasteiger partial charge >= 0.3 is 5.69 Å². The zero-order chi connectivity index (χ0) is 15.5. The quantitative estimate of drug-likeness (QED) is 0.651. The number of nitro groups is 1. The zero-order valence-corrected chi connectivity index (χ0v) is 12.6. The van der Waals surface area contributed by atoms with E-state index in [9.17, 15) is 18.5 Å². The van der Waals surface area contributed by atoms with Crippen molar-refractivity contribution < 1.29 is 18.1 Å². The molecule has 0 aliphatic carbocycles. The molecule has 7 nitrogen and oxygen atoms in total. The Hall–Kier alpha value is -1.67. The highest BCUT2D eigenvalue weighted by atomic mass is 32.2. The Bertz CT molecular complexity index is 623. The second-order valence-corrected chi connectivity index (χ2v) is 7.12. The van der Waals surface area contributed by atoms with Crippen molar-refractivity contribution in [1.82, 2.24) is 5.32 Å². The van der Waals surface area contributed by atoms with Gasteiger partial charge in [-0.1, -0.05) is 6.07 Å². The maximum absolute atomic E-state index is 11.6. The number of hydrogen-bond donors (Lipinski definition) is 1. The summed E-state index contributed by atoms with van der Waals surface area (Å²) >= 11 is 0. The smallest absolute Gasteiger partial charge is 0.329 e. The minimum atomic E-state index is -3.68. The molecular weight excluding hydrogens is 296 g/mol. The molecule has 0 bridgehead atoms. The highest BCUT2D eigenvalue weighted by molar-refractivity contribution is 7.90. The van der Waals surface area contributed by atoms with E-state index in [1.165, 1.54) is 18.2 Å². The monoisotopic (exact) mass is 314 g/mol. The van der Waals surface area contributed by atoms with Gasteiger partial charge in [0.05, 0.1) is 11.5 Å². The Morgan fingerprint density at radius 2 is 2.05 bits per heavy atom. The molecule has 0 radical (unpaired) electrons. The number of hydrogen-bond acceptors (Lipinski definition) is 6. The minimum Gasteiger partial charge on any atom is -0.486 e. The first-order chi connectivity index (χ1) is 9.89. The van der Waals surface area contributed by atoms with E-state index in [4.69, 9.17) is 4.74 Å². The van der Waals surface area contributed by atoms with Crippen LogP contribution in [0.2, 0.25) is 0 Å². The third kappa shape index (κ3) is 3.92. The summed E-state index contributed by atoms with van der Waals surface area (Å²) in [5.41, 5.74) is -0.478. The van der Waals surface area contributed by atoms with Gasteiger partial charge in [0, 0.05) is 6.26 Å². The van der Waals surface area contributed by atoms with E-state index in [-0.39, 0.29) is 10.6 Å². The summed E-state index contributed by atoms with van der Waals surface area (Å²) < 4.78 is 28.8. The minimum absolute atomic E-state index is 0.0152. The van der Waals surface area contributed by atoms with Crippen LogP contribution in [0.15, 0.2) is 23.1 Å². The van der Waals surface area contributed by atoms with Crippen molar-refractivity contribution in [3.05, 3.63) is 28.3 Å². The molecule has 21 heavy (non-hydrogen) atoms. The van der Waals surface area contributed by atoms with Crippen LogP contribution in [0.3, 0.4) is 0 Å². The first kappa shape index (κ1) is 15.7. The van der Waals surface area contributed by atoms with E-state index in [2.05, 4.69) is 5.32 Å². The average Bonchev–Trinajstić information content (AvgIpc) is 2.44. The van der Waals surface area contributed by atoms with Gasteiger partial charge in [0.1, 0.15) is 4.90 Å². The molecule has 0 spiro atoms. The summed E-state index contributed by atoms with van der Waals surface area (Å²) in [7, 11) is -3.68. The molecule has 0 unspecified atom stereocenters. The summed E-state index contributed by atoms with van der Waals surface area (Å²) in [6, 6.07) is 4.12. The van der Waals surface area contributed by atoms with Gasteiger partial charge in [0.25, 0.3) is 0 Å². The zero-order valence-electron chi connectivity index (χ0n) is 11.7. The second-order valence-electron chi connectivity index (χ2n) is 5.14. The Labute approximate surface area is 123 Å². The predicted molar refractivity (Wildman–Crippen MR) is 77.3 cm³/mol. The van der Waals surface area contributed by atoms with Gasteiger partial charge in [-0.05, 0) is 44.0 Å². The van der Waals surface area contributed by atoms with Crippen LogP contribution in [0.1, 0.15) is 12.8 Å². The van der Waals surface area contributed by atoms with Crippen LogP contribution in [0.4, 0.5) is 5.69 Å². The number of para-hydroxylation sites is 1. The molecule has 1 aliphatic heterocycles. The number of piperidine rings is 1. The number of ether oxygens (including phenoxy) is 1. The summed E-state index contributed by atoms with van der Waals surface area (Å²) in [6.07, 6.45) is 2.84. The van der Waals surface area contributed by atoms with Crippen molar-refractivity contribution in [1.29, 1.82) is 0 Å². The molecule has 1 heterocycles. The van der Waals surface area contributed by atoms with Crippen LogP contribution in [-0.2, 0) is 9.84 Å². The lowest BCUT2D eigenvalue weighted by Gasteiger charge is -2.22. The molecule has 0 amide bonds. The summed E-state index contributed by atoms with van der Waals surface area (Å²) in [6.45, 7) is 2.16. The van der Waals surface area contributed by atoms with E-state index >= 15 is 0 Å².